The minimum Gasteiger partial charge on any atom is -0.335 e. The van der Waals surface area contributed by atoms with Crippen LogP contribution in [0.1, 0.15) is 132 Å². The first-order valence-electron chi connectivity index (χ1n) is 35.8. The predicted molar refractivity (Wildman–Crippen MR) is 434 cm³/mol. The Hall–Kier alpha value is -7.19. The Morgan fingerprint density at radius 2 is 0.759 bits per heavy atom. The van der Waals surface area contributed by atoms with Gasteiger partial charge in [-0.2, -0.15) is 0 Å². The Bertz CT molecular complexity index is 4170. The molecule has 5 aliphatic heterocycles. The number of nitrogens with one attached hydrogen (secondary N) is 3. The second-order valence-corrected chi connectivity index (χ2v) is 37.3. The molecule has 7 heterocycles. The summed E-state index contributed by atoms with van der Waals surface area (Å²) in [6, 6.07) is 53.1. The zero-order valence-electron chi connectivity index (χ0n) is 60.6. The van der Waals surface area contributed by atoms with Crippen molar-refractivity contribution in [3.63, 3.8) is 0 Å². The van der Waals surface area contributed by atoms with Crippen molar-refractivity contribution in [1.82, 2.24) is 43.1 Å². The van der Waals surface area contributed by atoms with E-state index in [1.165, 1.54) is 40.6 Å². The first-order valence-corrected chi connectivity index (χ1v) is 44.7. The monoisotopic (exact) mass is 1600 g/mol. The van der Waals surface area contributed by atoms with Gasteiger partial charge in [0.2, 0.25) is 55.2 Å². The Morgan fingerprint density at radius 1 is 0.454 bits per heavy atom. The SMILES string of the molecule is C.C.CC1CCN(S(=O)(=O)Cc2ccccc2)CC1.CC1CCNCC1.NC1CCN(S(=O)(=O)Cc2ccccc2)CC1.NCc1ccncc1.O=C(NCc1ccncc1)NC1CCN(S(=O)(=O)Cc2ccccc2)CC1.O=C=NC1CCN(S(=O)(=O)Cc2ccccc2)CC1.O=S(=O)(Cl)Cc1ccccc1. The Kier molecular flexibility index (Phi) is 42.4. The van der Waals surface area contributed by atoms with E-state index >= 15 is 0 Å². The number of isocyanates is 1. The van der Waals surface area contributed by atoms with Crippen LogP contribution < -0.4 is 27.4 Å². The molecule has 30 heteroatoms. The number of carbonyl (C=O) groups excluding carboxylic acids is 2. The zero-order valence-corrected chi connectivity index (χ0v) is 65.5. The van der Waals surface area contributed by atoms with Crippen LogP contribution in [0.4, 0.5) is 4.79 Å². The summed E-state index contributed by atoms with van der Waals surface area (Å²) in [5.41, 5.74) is 17.2. The summed E-state index contributed by atoms with van der Waals surface area (Å²) in [7, 11) is -11.3. The topological polar surface area (TPSA) is 344 Å². The molecule has 108 heavy (non-hydrogen) atoms. The minimum atomic E-state index is -3.40. The van der Waals surface area contributed by atoms with Crippen LogP contribution in [0.25, 0.3) is 0 Å². The molecule has 7 aromatic rings. The van der Waals surface area contributed by atoms with E-state index in [2.05, 4.69) is 44.8 Å². The highest BCUT2D eigenvalue weighted by molar-refractivity contribution is 8.13. The van der Waals surface area contributed by atoms with E-state index in [1.54, 1.807) is 69.8 Å². The molecule has 0 atom stereocenters. The van der Waals surface area contributed by atoms with E-state index in [9.17, 15) is 51.7 Å². The van der Waals surface area contributed by atoms with E-state index in [4.69, 9.17) is 22.1 Å². The maximum atomic E-state index is 12.6. The second kappa shape index (κ2) is 49.1. The minimum absolute atomic E-state index is 0. The molecular formula is C78H113ClN12O12S5. The van der Waals surface area contributed by atoms with Crippen LogP contribution in [0, 0.1) is 11.8 Å². The number of halogens is 1. The van der Waals surface area contributed by atoms with Crippen LogP contribution >= 0.6 is 10.7 Å². The van der Waals surface area contributed by atoms with Crippen molar-refractivity contribution in [1.29, 1.82) is 0 Å². The molecule has 0 spiro atoms. The summed E-state index contributed by atoms with van der Waals surface area (Å²) in [4.78, 5) is 33.6. The highest BCUT2D eigenvalue weighted by atomic mass is 35.7. The van der Waals surface area contributed by atoms with Crippen LogP contribution in [0.2, 0.25) is 0 Å². The molecule has 5 aliphatic rings. The second-order valence-electron chi connectivity index (χ2n) is 26.7. The molecular weight excluding hydrogens is 1490 g/mol. The van der Waals surface area contributed by atoms with Crippen molar-refractivity contribution in [3.05, 3.63) is 240 Å². The molecule has 12 rings (SSSR count). The average molecular weight is 1610 g/mol. The summed E-state index contributed by atoms with van der Waals surface area (Å²) in [6.07, 6.45) is 17.0. The highest BCUT2D eigenvalue weighted by Crippen LogP contribution is 2.24. The van der Waals surface area contributed by atoms with Crippen molar-refractivity contribution in [3.8, 4) is 0 Å². The van der Waals surface area contributed by atoms with Crippen LogP contribution in [-0.2, 0) is 95.8 Å². The molecule has 594 valence electrons. The summed E-state index contributed by atoms with van der Waals surface area (Å²) in [6.45, 7) is 12.1. The van der Waals surface area contributed by atoms with Gasteiger partial charge in [-0.05, 0) is 152 Å². The van der Waals surface area contributed by atoms with Gasteiger partial charge in [-0.3, -0.25) is 9.97 Å². The molecule has 2 amide bonds. The van der Waals surface area contributed by atoms with Gasteiger partial charge >= 0.3 is 6.03 Å². The van der Waals surface area contributed by atoms with Gasteiger partial charge in [0.15, 0.2) is 0 Å². The van der Waals surface area contributed by atoms with Crippen LogP contribution in [0.3, 0.4) is 0 Å². The number of sulfonamides is 4. The summed E-state index contributed by atoms with van der Waals surface area (Å²) < 4.78 is 126. The maximum Gasteiger partial charge on any atom is 0.315 e. The lowest BCUT2D eigenvalue weighted by Gasteiger charge is -2.31. The summed E-state index contributed by atoms with van der Waals surface area (Å²) in [5, 5.41) is 9.05. The number of rotatable bonds is 19. The Labute approximate surface area is 648 Å². The molecule has 5 fully saturated rings. The first kappa shape index (κ1) is 93.2. The van der Waals surface area contributed by atoms with Crippen molar-refractivity contribution < 1.29 is 51.7 Å². The van der Waals surface area contributed by atoms with Gasteiger partial charge in [0.05, 0.1) is 34.8 Å². The molecule has 0 radical (unpaired) electrons. The summed E-state index contributed by atoms with van der Waals surface area (Å²) in [5.74, 6) is 1.77. The molecule has 7 N–H and O–H groups in total. The lowest BCUT2D eigenvalue weighted by molar-refractivity contribution is 0.227. The van der Waals surface area contributed by atoms with Crippen molar-refractivity contribution in [2.45, 2.75) is 153 Å². The summed E-state index contributed by atoms with van der Waals surface area (Å²) >= 11 is 0. The normalized spacial score (nSPS) is 16.7. The smallest absolute Gasteiger partial charge is 0.315 e. The average Bonchev–Trinajstić information content (AvgIpc) is 0.813. The van der Waals surface area contributed by atoms with Crippen LogP contribution in [-0.4, -0.2) is 165 Å². The van der Waals surface area contributed by atoms with Crippen LogP contribution in [0.5, 0.6) is 0 Å². The number of pyridine rings is 2. The Balaban J connectivity index is 0.000000276. The number of urea groups is 1. The number of piperidine rings is 5. The van der Waals surface area contributed by atoms with Gasteiger partial charge in [-0.15, -0.1) is 0 Å². The van der Waals surface area contributed by atoms with Gasteiger partial charge in [0.1, 0.15) is 0 Å². The Morgan fingerprint density at radius 3 is 1.06 bits per heavy atom. The predicted octanol–water partition coefficient (Wildman–Crippen LogP) is 11.0. The molecule has 2 aromatic heterocycles. The number of nitrogens with zero attached hydrogens (tertiary/aromatic N) is 7. The van der Waals surface area contributed by atoms with E-state index in [0.29, 0.717) is 103 Å². The maximum absolute atomic E-state index is 12.6. The van der Waals surface area contributed by atoms with Crippen LogP contribution in [0.15, 0.2) is 206 Å². The number of hydrogen-bond donors (Lipinski definition) is 5. The van der Waals surface area contributed by atoms with Gasteiger partial charge < -0.3 is 27.4 Å². The lowest BCUT2D eigenvalue weighted by atomic mass is 10.0. The standard InChI is InChI=1S/C19H24N4O3S.C13H16N2O3S.C13H19NO2S.C12H18N2O2S.C7H7ClO2S.C6H8N2.C6H13N.2CH4/c24-19(21-14-16-6-10-20-11-7-16)22-18-8-12-23(13-9-18)27(25,26)15-17-4-2-1-3-5-17;16-11-14-13-6-8-15(9-7-13)19(17,18)10-12-4-2-1-3-5-12;1-12-7-9-14(10-8-12)17(15,16)11-13-5-3-2-4-6-13;13-12-6-8-14(9-7-12)17(15,16)10-11-4-2-1-3-5-11;8-11(9,10)6-7-4-2-1-3-5-7;7-5-6-1-3-8-4-2-6;1-6-2-4-7-5-3-6;;/h1-7,10-11,18H,8-9,12-15H2,(H2,21,22,24);1-5,13H,6-10H2;2-6,12H,7-11H2,1H3;1-5,12H,6-10,13H2;1-5H,6H2;1-4H,5,7H2;6-7H,2-5H2,1H3;2*1H4. The molecule has 0 saturated carbocycles. The molecule has 24 nitrogen and oxygen atoms in total. The zero-order chi connectivity index (χ0) is 76.7. The largest absolute Gasteiger partial charge is 0.335 e. The van der Waals surface area contributed by atoms with Crippen molar-refractivity contribution in [2.24, 2.45) is 28.3 Å². The molecule has 5 aromatic carbocycles. The van der Waals surface area contributed by atoms with Crippen molar-refractivity contribution >= 4 is 71.9 Å². The highest BCUT2D eigenvalue weighted by Gasteiger charge is 2.31. The van der Waals surface area contributed by atoms with E-state index < -0.39 is 49.1 Å². The fourth-order valence-electron chi connectivity index (χ4n) is 11.7. The fraction of sp³-hybridized carbons (Fsp3) is 0.462. The molecule has 5 saturated heterocycles. The number of carbonyl (C=O) groups is 1. The third kappa shape index (κ3) is 37.0. The fourth-order valence-corrected chi connectivity index (χ4v) is 18.9. The van der Waals surface area contributed by atoms with E-state index in [-0.39, 0.29) is 67.8 Å². The number of hydrogen-bond acceptors (Lipinski definition) is 18. The number of nitrogens with two attached hydrogens (primary N) is 2. The quantitative estimate of drug-likeness (QED) is 0.0285. The van der Waals surface area contributed by atoms with Crippen molar-refractivity contribution in [2.75, 3.05) is 65.4 Å². The van der Waals surface area contributed by atoms with Gasteiger partial charge in [0, 0.05) is 113 Å². The third-order valence-corrected chi connectivity index (χ3v) is 26.4. The number of aromatic nitrogens is 2. The van der Waals surface area contributed by atoms with Gasteiger partial charge in [-0.1, -0.05) is 180 Å². The molecule has 0 aliphatic carbocycles. The number of aliphatic imine (C=N–C) groups is 1. The molecule has 0 unspecified atom stereocenters. The van der Waals surface area contributed by atoms with E-state index in [1.807, 2.05) is 140 Å². The lowest BCUT2D eigenvalue weighted by Crippen LogP contribution is -2.49. The van der Waals surface area contributed by atoms with Gasteiger partial charge in [0.25, 0.3) is 0 Å². The number of amides is 2. The van der Waals surface area contributed by atoms with Gasteiger partial charge in [-0.25, -0.2) is 73.9 Å². The third-order valence-electron chi connectivity index (χ3n) is 18.0. The molecule has 0 bridgehead atoms. The number of benzene rings is 5. The van der Waals surface area contributed by atoms with E-state index in [0.717, 1.165) is 65.0 Å². The first-order chi connectivity index (χ1) is 50.7.